The molecule has 0 heterocycles. The zero-order valence-corrected chi connectivity index (χ0v) is 14.6. The average Bonchev–Trinajstić information content (AvgIpc) is 2.44. The van der Waals surface area contributed by atoms with E-state index in [1.54, 1.807) is 12.1 Å². The van der Waals surface area contributed by atoms with Crippen molar-refractivity contribution in [2.45, 2.75) is 19.4 Å². The fourth-order valence-corrected chi connectivity index (χ4v) is 3.08. The lowest BCUT2D eigenvalue weighted by Gasteiger charge is -2.20. The summed E-state index contributed by atoms with van der Waals surface area (Å²) < 4.78 is 29.0. The van der Waals surface area contributed by atoms with Crippen molar-refractivity contribution >= 4 is 31.9 Å². The van der Waals surface area contributed by atoms with Gasteiger partial charge >= 0.3 is 0 Å². The van der Waals surface area contributed by atoms with Crippen molar-refractivity contribution in [3.63, 3.8) is 0 Å². The first kappa shape index (κ1) is 16.6. The lowest BCUT2D eigenvalue weighted by atomic mass is 9.98. The number of hydrogen-bond donors (Lipinski definition) is 1. The molecule has 1 N–H and O–H groups in total. The Hall–Kier alpha value is -0.780. The summed E-state index contributed by atoms with van der Waals surface area (Å²) in [5.41, 5.74) is 1.39. The Morgan fingerprint density at radius 3 is 2.52 bits per heavy atom. The van der Waals surface area contributed by atoms with Gasteiger partial charge in [0.25, 0.3) is 0 Å². The predicted molar refractivity (Wildman–Crippen MR) is 88.3 cm³/mol. The molecule has 0 aliphatic carbocycles. The number of rotatable bonds is 5. The van der Waals surface area contributed by atoms with Crippen molar-refractivity contribution in [3.8, 4) is 0 Å². The molecule has 1 atom stereocenters. The SMILES string of the molecule is CCNC(Cc1ccc(Br)cc1F)c1cc(F)ccc1Br. The first-order valence-electron chi connectivity index (χ1n) is 6.63. The van der Waals surface area contributed by atoms with E-state index < -0.39 is 0 Å². The van der Waals surface area contributed by atoms with Crippen LogP contribution in [0.2, 0.25) is 0 Å². The molecule has 0 aromatic heterocycles. The highest BCUT2D eigenvalue weighted by Gasteiger charge is 2.17. The summed E-state index contributed by atoms with van der Waals surface area (Å²) in [6.45, 7) is 2.68. The summed E-state index contributed by atoms with van der Waals surface area (Å²) in [4.78, 5) is 0. The Bertz CT molecular complexity index is 632. The Balaban J connectivity index is 2.32. The van der Waals surface area contributed by atoms with E-state index in [0.29, 0.717) is 23.0 Å². The summed E-state index contributed by atoms with van der Waals surface area (Å²) in [6, 6.07) is 9.39. The zero-order valence-electron chi connectivity index (χ0n) is 11.5. The molecule has 2 rings (SSSR count). The van der Waals surface area contributed by atoms with Gasteiger partial charge in [0.05, 0.1) is 0 Å². The molecule has 5 heteroatoms. The van der Waals surface area contributed by atoms with Crippen molar-refractivity contribution in [3.05, 3.63) is 68.1 Å². The molecule has 1 unspecified atom stereocenters. The van der Waals surface area contributed by atoms with Gasteiger partial charge in [0.1, 0.15) is 11.6 Å². The lowest BCUT2D eigenvalue weighted by molar-refractivity contribution is 0.522. The highest BCUT2D eigenvalue weighted by Crippen LogP contribution is 2.28. The summed E-state index contributed by atoms with van der Waals surface area (Å²) in [7, 11) is 0. The van der Waals surface area contributed by atoms with Gasteiger partial charge in [-0.1, -0.05) is 44.8 Å². The fourth-order valence-electron chi connectivity index (χ4n) is 2.23. The second kappa shape index (κ2) is 7.47. The first-order valence-corrected chi connectivity index (χ1v) is 8.22. The molecular formula is C16H15Br2F2N. The molecule has 21 heavy (non-hydrogen) atoms. The van der Waals surface area contributed by atoms with Gasteiger partial charge in [-0.2, -0.15) is 0 Å². The topological polar surface area (TPSA) is 12.0 Å². The van der Waals surface area contributed by atoms with Crippen molar-refractivity contribution in [2.24, 2.45) is 0 Å². The van der Waals surface area contributed by atoms with E-state index in [1.165, 1.54) is 18.2 Å². The molecule has 2 aromatic rings. The second-order valence-electron chi connectivity index (χ2n) is 4.72. The fraction of sp³-hybridized carbons (Fsp3) is 0.250. The maximum atomic E-state index is 14.0. The van der Waals surface area contributed by atoms with Crippen LogP contribution in [0.15, 0.2) is 45.3 Å². The molecule has 112 valence electrons. The molecule has 2 aromatic carbocycles. The Morgan fingerprint density at radius 1 is 1.10 bits per heavy atom. The van der Waals surface area contributed by atoms with Crippen LogP contribution in [0.3, 0.4) is 0 Å². The molecule has 1 nitrogen and oxygen atoms in total. The Labute approximate surface area is 140 Å². The largest absolute Gasteiger partial charge is 0.310 e. The maximum Gasteiger partial charge on any atom is 0.127 e. The molecule has 0 fully saturated rings. The molecule has 0 aliphatic heterocycles. The summed E-state index contributed by atoms with van der Waals surface area (Å²) in [5.74, 6) is -0.563. The molecule has 0 saturated heterocycles. The monoisotopic (exact) mass is 417 g/mol. The number of benzene rings is 2. The van der Waals surface area contributed by atoms with Crippen molar-refractivity contribution in [1.82, 2.24) is 5.32 Å². The third kappa shape index (κ3) is 4.34. The highest BCUT2D eigenvalue weighted by molar-refractivity contribution is 9.10. The van der Waals surface area contributed by atoms with Crippen LogP contribution >= 0.6 is 31.9 Å². The van der Waals surface area contributed by atoms with Crippen LogP contribution in [-0.4, -0.2) is 6.54 Å². The second-order valence-corrected chi connectivity index (χ2v) is 6.49. The van der Waals surface area contributed by atoms with Crippen LogP contribution < -0.4 is 5.32 Å². The molecule has 0 spiro atoms. The summed E-state index contributed by atoms with van der Waals surface area (Å²) >= 11 is 6.68. The average molecular weight is 419 g/mol. The number of nitrogens with one attached hydrogen (secondary N) is 1. The molecule has 0 amide bonds. The lowest BCUT2D eigenvalue weighted by Crippen LogP contribution is -2.24. The van der Waals surface area contributed by atoms with Gasteiger partial charge in [0, 0.05) is 15.0 Å². The zero-order chi connectivity index (χ0) is 15.4. The van der Waals surface area contributed by atoms with Crippen LogP contribution in [-0.2, 0) is 6.42 Å². The van der Waals surface area contributed by atoms with E-state index in [-0.39, 0.29) is 17.7 Å². The van der Waals surface area contributed by atoms with Crippen molar-refractivity contribution in [2.75, 3.05) is 6.54 Å². The van der Waals surface area contributed by atoms with Crippen molar-refractivity contribution in [1.29, 1.82) is 0 Å². The summed E-state index contributed by atoms with van der Waals surface area (Å²) in [5, 5.41) is 3.28. The minimum absolute atomic E-state index is 0.157. The van der Waals surface area contributed by atoms with Crippen LogP contribution in [0.1, 0.15) is 24.1 Å². The van der Waals surface area contributed by atoms with E-state index >= 15 is 0 Å². The quantitative estimate of drug-likeness (QED) is 0.686. The van der Waals surface area contributed by atoms with E-state index in [4.69, 9.17) is 0 Å². The van der Waals surface area contributed by atoms with E-state index in [0.717, 1.165) is 10.0 Å². The van der Waals surface area contributed by atoms with Gasteiger partial charge in [-0.3, -0.25) is 0 Å². The predicted octanol–water partition coefficient (Wildman–Crippen LogP) is 5.38. The molecule has 0 saturated carbocycles. The van der Waals surface area contributed by atoms with Gasteiger partial charge in [-0.05, 0) is 54.4 Å². The van der Waals surface area contributed by atoms with Gasteiger partial charge in [0.15, 0.2) is 0 Å². The van der Waals surface area contributed by atoms with E-state index in [1.807, 2.05) is 13.0 Å². The van der Waals surface area contributed by atoms with Crippen LogP contribution in [0.25, 0.3) is 0 Å². The number of hydrogen-bond acceptors (Lipinski definition) is 1. The van der Waals surface area contributed by atoms with Gasteiger partial charge < -0.3 is 5.32 Å². The highest BCUT2D eigenvalue weighted by atomic mass is 79.9. The normalized spacial score (nSPS) is 12.4. The first-order chi connectivity index (χ1) is 10.0. The van der Waals surface area contributed by atoms with E-state index in [9.17, 15) is 8.78 Å². The Morgan fingerprint density at radius 2 is 1.86 bits per heavy atom. The standard InChI is InChI=1S/C16H15Br2F2N/c1-2-21-16(13-9-12(19)5-6-14(13)18)7-10-3-4-11(17)8-15(10)20/h3-6,8-9,16,21H,2,7H2,1H3. The van der Waals surface area contributed by atoms with E-state index in [2.05, 4.69) is 37.2 Å². The van der Waals surface area contributed by atoms with Crippen LogP contribution in [0, 0.1) is 11.6 Å². The van der Waals surface area contributed by atoms with Crippen molar-refractivity contribution < 1.29 is 8.78 Å². The van der Waals surface area contributed by atoms with Gasteiger partial charge in [-0.25, -0.2) is 8.78 Å². The minimum Gasteiger partial charge on any atom is -0.310 e. The molecule has 0 bridgehead atoms. The maximum absolute atomic E-state index is 14.0. The third-order valence-corrected chi connectivity index (χ3v) is 4.44. The molecule has 0 aliphatic rings. The Kier molecular flexibility index (Phi) is 5.90. The molecule has 0 radical (unpaired) electrons. The third-order valence-electron chi connectivity index (χ3n) is 3.22. The number of likely N-dealkylation sites (N-methyl/N-ethyl adjacent to an activating group) is 1. The smallest absolute Gasteiger partial charge is 0.127 e. The molecular weight excluding hydrogens is 404 g/mol. The minimum atomic E-state index is -0.299. The van der Waals surface area contributed by atoms with Gasteiger partial charge in [0.2, 0.25) is 0 Å². The summed E-state index contributed by atoms with van der Waals surface area (Å²) in [6.07, 6.45) is 0.453. The van der Waals surface area contributed by atoms with Gasteiger partial charge in [-0.15, -0.1) is 0 Å². The van der Waals surface area contributed by atoms with Crippen LogP contribution in [0.5, 0.6) is 0 Å². The number of halogens is 4. The van der Waals surface area contributed by atoms with Crippen LogP contribution in [0.4, 0.5) is 8.78 Å².